The van der Waals surface area contributed by atoms with Gasteiger partial charge in [-0.15, -0.1) is 0 Å². The van der Waals surface area contributed by atoms with E-state index in [1.165, 1.54) is 18.3 Å². The number of primary amides is 1. The fourth-order valence-corrected chi connectivity index (χ4v) is 5.27. The predicted octanol–water partition coefficient (Wildman–Crippen LogP) is 4.13. The number of carbonyl (C=O) groups is 1. The molecule has 0 saturated carbocycles. The Morgan fingerprint density at radius 1 is 1.06 bits per heavy atom. The summed E-state index contributed by atoms with van der Waals surface area (Å²) in [5, 5.41) is 0.401. The molecular formula is C26H29ClFN7O. The van der Waals surface area contributed by atoms with Gasteiger partial charge in [-0.2, -0.15) is 4.98 Å². The normalized spacial score (nSPS) is 20.2. The van der Waals surface area contributed by atoms with Crippen LogP contribution in [0.2, 0.25) is 5.02 Å². The van der Waals surface area contributed by atoms with Crippen molar-refractivity contribution in [1.29, 1.82) is 0 Å². The molecule has 2 fully saturated rings. The quantitative estimate of drug-likeness (QED) is 0.552. The van der Waals surface area contributed by atoms with Crippen molar-refractivity contribution in [3.8, 4) is 11.3 Å². The van der Waals surface area contributed by atoms with Crippen molar-refractivity contribution in [2.75, 3.05) is 40.9 Å². The number of nitrogens with two attached hydrogens (primary N) is 1. The highest BCUT2D eigenvalue weighted by molar-refractivity contribution is 6.33. The topological polar surface area (TPSA) is 91.5 Å². The zero-order valence-corrected chi connectivity index (χ0v) is 21.1. The largest absolute Gasteiger partial charge is 0.366 e. The molecule has 4 heterocycles. The third-order valence-corrected chi connectivity index (χ3v) is 7.26. The average molecular weight is 510 g/mol. The van der Waals surface area contributed by atoms with Crippen molar-refractivity contribution in [2.24, 2.45) is 5.73 Å². The molecule has 8 nitrogen and oxygen atoms in total. The van der Waals surface area contributed by atoms with E-state index in [-0.39, 0.29) is 17.4 Å². The van der Waals surface area contributed by atoms with E-state index in [0.29, 0.717) is 42.5 Å². The summed E-state index contributed by atoms with van der Waals surface area (Å²) >= 11 is 6.44. The van der Waals surface area contributed by atoms with Gasteiger partial charge in [0, 0.05) is 56.1 Å². The molecule has 0 bridgehead atoms. The van der Waals surface area contributed by atoms with Crippen molar-refractivity contribution in [1.82, 2.24) is 15.0 Å². The summed E-state index contributed by atoms with van der Waals surface area (Å²) in [7, 11) is 0. The third kappa shape index (κ3) is 4.80. The zero-order chi connectivity index (χ0) is 25.4. The number of halogens is 2. The van der Waals surface area contributed by atoms with E-state index >= 15 is 0 Å². The van der Waals surface area contributed by atoms with Crippen molar-refractivity contribution in [3.05, 3.63) is 59.0 Å². The van der Waals surface area contributed by atoms with Crippen LogP contribution in [0.25, 0.3) is 11.3 Å². The predicted molar refractivity (Wildman–Crippen MR) is 140 cm³/mol. The molecular weight excluding hydrogens is 481 g/mol. The Bertz CT molecular complexity index is 1270. The van der Waals surface area contributed by atoms with Gasteiger partial charge in [0.2, 0.25) is 11.9 Å². The lowest BCUT2D eigenvalue weighted by Crippen LogP contribution is -2.53. The highest BCUT2D eigenvalue weighted by Crippen LogP contribution is 2.32. The first-order chi connectivity index (χ1) is 17.3. The molecule has 5 rings (SSSR count). The Kier molecular flexibility index (Phi) is 6.66. The third-order valence-electron chi connectivity index (χ3n) is 6.98. The van der Waals surface area contributed by atoms with Gasteiger partial charge in [0.05, 0.1) is 16.3 Å². The highest BCUT2D eigenvalue weighted by atomic mass is 35.5. The molecule has 1 unspecified atom stereocenters. The number of piperazine rings is 1. The van der Waals surface area contributed by atoms with Crippen LogP contribution in [-0.4, -0.2) is 59.1 Å². The van der Waals surface area contributed by atoms with Gasteiger partial charge < -0.3 is 20.4 Å². The molecule has 188 valence electrons. The number of hydrogen-bond donors (Lipinski definition) is 1. The Balaban J connectivity index is 1.44. The van der Waals surface area contributed by atoms with Gasteiger partial charge in [0.1, 0.15) is 17.5 Å². The smallest absolute Gasteiger partial charge is 0.250 e. The number of amides is 1. The number of benzene rings is 1. The summed E-state index contributed by atoms with van der Waals surface area (Å²) in [5.74, 6) is 1.35. The Hall–Kier alpha value is -3.46. The number of rotatable bonds is 5. The number of hydrogen-bond acceptors (Lipinski definition) is 7. The lowest BCUT2D eigenvalue weighted by Gasteiger charge is -2.41. The summed E-state index contributed by atoms with van der Waals surface area (Å²) < 4.78 is 13.6. The standard InChI is InChI=1S/C26H29ClFN7O/c1-16-4-3-9-35(16)26-31-22(18-5-7-20(28)8-6-18)13-23(32-26)34-11-10-33(15-17(34)2)25-21(27)12-19(14-30-25)24(29)36/h5-8,12-14,16-17H,3-4,9-11,15H2,1-2H3,(H2,29,36)/t16?,17-/m1/s1. The van der Waals surface area contributed by atoms with Crippen LogP contribution in [0.1, 0.15) is 37.0 Å². The number of anilines is 3. The van der Waals surface area contributed by atoms with Crippen LogP contribution in [-0.2, 0) is 0 Å². The number of pyridine rings is 1. The minimum Gasteiger partial charge on any atom is -0.366 e. The summed E-state index contributed by atoms with van der Waals surface area (Å²) in [4.78, 5) is 32.3. The van der Waals surface area contributed by atoms with Crippen LogP contribution in [0, 0.1) is 5.82 Å². The van der Waals surface area contributed by atoms with Gasteiger partial charge in [0.25, 0.3) is 0 Å². The SMILES string of the molecule is CC1CCCN1c1nc(-c2ccc(F)cc2)cc(N2CCN(c3ncc(C(N)=O)cc3Cl)C[C@H]2C)n1. The zero-order valence-electron chi connectivity index (χ0n) is 20.4. The molecule has 3 aromatic rings. The summed E-state index contributed by atoms with van der Waals surface area (Å²) in [6, 6.07) is 10.4. The van der Waals surface area contributed by atoms with Gasteiger partial charge in [-0.3, -0.25) is 4.79 Å². The van der Waals surface area contributed by atoms with E-state index in [9.17, 15) is 9.18 Å². The van der Waals surface area contributed by atoms with E-state index in [0.717, 1.165) is 36.5 Å². The average Bonchev–Trinajstić information content (AvgIpc) is 3.30. The van der Waals surface area contributed by atoms with Crippen LogP contribution in [0.15, 0.2) is 42.6 Å². The van der Waals surface area contributed by atoms with Crippen molar-refractivity contribution in [2.45, 2.75) is 38.8 Å². The number of aromatic nitrogens is 3. The van der Waals surface area contributed by atoms with Crippen molar-refractivity contribution < 1.29 is 9.18 Å². The maximum absolute atomic E-state index is 13.6. The molecule has 2 aliphatic heterocycles. The molecule has 0 aliphatic carbocycles. The van der Waals surface area contributed by atoms with Crippen LogP contribution in [0.3, 0.4) is 0 Å². The maximum atomic E-state index is 13.6. The van der Waals surface area contributed by atoms with E-state index in [2.05, 4.69) is 33.5 Å². The molecule has 2 N–H and O–H groups in total. The van der Waals surface area contributed by atoms with Crippen LogP contribution in [0.5, 0.6) is 0 Å². The van der Waals surface area contributed by atoms with Gasteiger partial charge in [-0.25, -0.2) is 14.4 Å². The monoisotopic (exact) mass is 509 g/mol. The minimum absolute atomic E-state index is 0.104. The number of nitrogens with zero attached hydrogens (tertiary/aromatic N) is 6. The first-order valence-electron chi connectivity index (χ1n) is 12.2. The van der Waals surface area contributed by atoms with Gasteiger partial charge in [0.15, 0.2) is 0 Å². The lowest BCUT2D eigenvalue weighted by molar-refractivity contribution is 0.1000. The Labute approximate surface area is 214 Å². The minimum atomic E-state index is -0.557. The molecule has 2 atom stereocenters. The second-order valence-electron chi connectivity index (χ2n) is 9.49. The molecule has 2 aromatic heterocycles. The van der Waals surface area contributed by atoms with Crippen molar-refractivity contribution >= 4 is 35.1 Å². The summed E-state index contributed by atoms with van der Waals surface area (Å²) in [6.45, 7) is 7.30. The molecule has 10 heteroatoms. The highest BCUT2D eigenvalue weighted by Gasteiger charge is 2.29. The first-order valence-corrected chi connectivity index (χ1v) is 12.6. The van der Waals surface area contributed by atoms with Gasteiger partial charge in [-0.1, -0.05) is 11.6 Å². The molecule has 0 radical (unpaired) electrons. The first kappa shape index (κ1) is 24.2. The van der Waals surface area contributed by atoms with E-state index in [4.69, 9.17) is 27.3 Å². The molecule has 36 heavy (non-hydrogen) atoms. The second-order valence-corrected chi connectivity index (χ2v) is 9.89. The van der Waals surface area contributed by atoms with Crippen LogP contribution in [0.4, 0.5) is 22.0 Å². The van der Waals surface area contributed by atoms with Gasteiger partial charge >= 0.3 is 0 Å². The fraction of sp³-hybridized carbons (Fsp3) is 0.385. The lowest BCUT2D eigenvalue weighted by atomic mass is 10.1. The number of carbonyl (C=O) groups excluding carboxylic acids is 1. The summed E-state index contributed by atoms with van der Waals surface area (Å²) in [5.41, 5.74) is 7.26. The molecule has 1 amide bonds. The Morgan fingerprint density at radius 2 is 1.83 bits per heavy atom. The fourth-order valence-electron chi connectivity index (χ4n) is 4.99. The molecule has 2 aliphatic rings. The van der Waals surface area contributed by atoms with E-state index in [1.807, 2.05) is 6.07 Å². The molecule has 1 aromatic carbocycles. The van der Waals surface area contributed by atoms with E-state index in [1.54, 1.807) is 18.2 Å². The van der Waals surface area contributed by atoms with Crippen LogP contribution < -0.4 is 20.4 Å². The summed E-state index contributed by atoms with van der Waals surface area (Å²) in [6.07, 6.45) is 3.68. The maximum Gasteiger partial charge on any atom is 0.250 e. The van der Waals surface area contributed by atoms with Crippen LogP contribution >= 0.6 is 11.6 Å². The molecule has 0 spiro atoms. The van der Waals surface area contributed by atoms with E-state index < -0.39 is 5.91 Å². The second kappa shape index (κ2) is 9.89. The molecule has 2 saturated heterocycles. The van der Waals surface area contributed by atoms with Crippen molar-refractivity contribution in [3.63, 3.8) is 0 Å². The Morgan fingerprint density at radius 3 is 2.47 bits per heavy atom. The van der Waals surface area contributed by atoms with Gasteiger partial charge in [-0.05, 0) is 57.0 Å².